The Morgan fingerprint density at radius 1 is 0.338 bits per heavy atom. The molecule has 4 bridgehead atoms. The fraction of sp³-hybridized carbons (Fsp3) is 0.156. The van der Waals surface area contributed by atoms with Gasteiger partial charge in [0.15, 0.2) is 34.9 Å². The molecule has 0 radical (unpaired) electrons. The minimum absolute atomic E-state index is 0.0332. The van der Waals surface area contributed by atoms with Crippen LogP contribution in [0.15, 0.2) is 199 Å². The molecule has 71 heavy (non-hydrogen) atoms. The second-order valence-corrected chi connectivity index (χ2v) is 20.2. The summed E-state index contributed by atoms with van der Waals surface area (Å²) in [4.78, 5) is 30.7. The van der Waals surface area contributed by atoms with Crippen molar-refractivity contribution in [3.05, 3.63) is 205 Å². The lowest BCUT2D eigenvalue weighted by molar-refractivity contribution is -0.0399. The Balaban J connectivity index is 0.957. The zero-order valence-corrected chi connectivity index (χ0v) is 38.9. The monoisotopic (exact) mass is 914 g/mol. The average Bonchev–Trinajstić information content (AvgIpc) is 3.96. The number of aromatic nitrogens is 6. The Labute approximate surface area is 411 Å². The third-order valence-electron chi connectivity index (χ3n) is 16.4. The third-order valence-corrected chi connectivity index (χ3v) is 16.4. The average molecular weight is 915 g/mol. The summed E-state index contributed by atoms with van der Waals surface area (Å²) in [6.07, 6.45) is 6.75. The van der Waals surface area contributed by atoms with E-state index in [4.69, 9.17) is 34.3 Å². The van der Waals surface area contributed by atoms with Gasteiger partial charge in [0.1, 0.15) is 11.2 Å². The van der Waals surface area contributed by atoms with Crippen LogP contribution in [0.2, 0.25) is 0 Å². The van der Waals surface area contributed by atoms with Gasteiger partial charge in [0.2, 0.25) is 0 Å². The first-order chi connectivity index (χ1) is 35.1. The van der Waals surface area contributed by atoms with E-state index in [1.807, 2.05) is 97.1 Å². The Kier molecular flexibility index (Phi) is 9.01. The number of nitrogens with zero attached hydrogens (tertiary/aromatic N) is 6. The van der Waals surface area contributed by atoms with E-state index in [0.29, 0.717) is 46.8 Å². The number of hydrogen-bond donors (Lipinski definition) is 0. The van der Waals surface area contributed by atoms with Crippen molar-refractivity contribution in [2.45, 2.75) is 37.5 Å². The van der Waals surface area contributed by atoms with Gasteiger partial charge < -0.3 is 4.42 Å². The van der Waals surface area contributed by atoms with Crippen molar-refractivity contribution in [1.82, 2.24) is 29.9 Å². The fourth-order valence-corrected chi connectivity index (χ4v) is 13.6. The number of fused-ring (bicyclic) bond motifs is 6. The summed E-state index contributed by atoms with van der Waals surface area (Å²) in [6.45, 7) is 0. The summed E-state index contributed by atoms with van der Waals surface area (Å²) in [7, 11) is 0. The molecule has 3 aromatic heterocycles. The van der Waals surface area contributed by atoms with Crippen LogP contribution in [0, 0.1) is 23.7 Å². The van der Waals surface area contributed by atoms with Crippen LogP contribution < -0.4 is 0 Å². The molecular weight excluding hydrogens is 869 g/mol. The molecule has 7 nitrogen and oxygen atoms in total. The van der Waals surface area contributed by atoms with E-state index in [9.17, 15) is 0 Å². The van der Waals surface area contributed by atoms with Crippen molar-refractivity contribution in [2.75, 3.05) is 0 Å². The Morgan fingerprint density at radius 2 is 0.775 bits per heavy atom. The van der Waals surface area contributed by atoms with E-state index in [1.165, 1.54) is 48.8 Å². The van der Waals surface area contributed by atoms with Crippen molar-refractivity contribution < 1.29 is 4.42 Å². The summed E-state index contributed by atoms with van der Waals surface area (Å²) >= 11 is 0. The fourth-order valence-electron chi connectivity index (χ4n) is 13.6. The van der Waals surface area contributed by atoms with Crippen LogP contribution in [-0.4, -0.2) is 29.9 Å². The lowest BCUT2D eigenvalue weighted by Gasteiger charge is -2.61. The van der Waals surface area contributed by atoms with Gasteiger partial charge in [-0.15, -0.1) is 0 Å². The molecule has 5 aliphatic carbocycles. The molecule has 0 N–H and O–H groups in total. The minimum atomic E-state index is 0.0332. The van der Waals surface area contributed by atoms with E-state index in [2.05, 4.69) is 97.1 Å². The second-order valence-electron chi connectivity index (χ2n) is 20.2. The summed E-state index contributed by atoms with van der Waals surface area (Å²) in [6, 6.07) is 67.9. The number of rotatable bonds is 7. The van der Waals surface area contributed by atoms with Gasteiger partial charge in [-0.3, -0.25) is 0 Å². The first kappa shape index (κ1) is 40.5. The van der Waals surface area contributed by atoms with E-state index >= 15 is 0 Å². The molecule has 338 valence electrons. The van der Waals surface area contributed by atoms with Gasteiger partial charge in [-0.2, -0.15) is 0 Å². The van der Waals surface area contributed by atoms with E-state index in [1.54, 1.807) is 5.56 Å². The first-order valence-corrected chi connectivity index (χ1v) is 25.1. The molecule has 0 unspecified atom stereocenters. The summed E-state index contributed by atoms with van der Waals surface area (Å²) in [5.41, 5.74) is 15.0. The maximum atomic E-state index is 7.29. The first-order valence-electron chi connectivity index (χ1n) is 25.1. The molecule has 0 atom stereocenters. The predicted molar refractivity (Wildman–Crippen MR) is 282 cm³/mol. The zero-order chi connectivity index (χ0) is 46.6. The highest BCUT2D eigenvalue weighted by Gasteiger charge is 2.61. The van der Waals surface area contributed by atoms with Crippen LogP contribution in [0.4, 0.5) is 0 Å². The molecule has 3 heterocycles. The van der Waals surface area contributed by atoms with Crippen LogP contribution in [0.5, 0.6) is 0 Å². The summed E-state index contributed by atoms with van der Waals surface area (Å²) < 4.78 is 7.29. The minimum Gasteiger partial charge on any atom is -0.455 e. The van der Waals surface area contributed by atoms with E-state index in [-0.39, 0.29) is 5.41 Å². The van der Waals surface area contributed by atoms with E-state index in [0.717, 1.165) is 78.3 Å². The molecule has 0 aliphatic heterocycles. The SMILES string of the molecule is c1ccc(-c2nc(-c3ccccc3)nc(-c3ccc4c(c3)oc3c(-c5ccc6c(c5)C5(c7ccccc7-6)C6CC7CC(C6)CC5C7)ccc(-c5nc(-c6ccccc6)nc(-c6ccccc6)n5)c34)n2)cc1. The molecule has 0 amide bonds. The number of furan rings is 1. The molecule has 4 saturated carbocycles. The maximum absolute atomic E-state index is 7.29. The third kappa shape index (κ3) is 6.35. The predicted octanol–water partition coefficient (Wildman–Crippen LogP) is 15.3. The van der Waals surface area contributed by atoms with Crippen LogP contribution in [0.1, 0.15) is 43.2 Å². The molecule has 7 heteroatoms. The van der Waals surface area contributed by atoms with Crippen molar-refractivity contribution >= 4 is 21.9 Å². The molecule has 11 aromatic rings. The molecule has 0 saturated heterocycles. The lowest BCUT2D eigenvalue weighted by atomic mass is 9.43. The highest BCUT2D eigenvalue weighted by atomic mass is 16.3. The Morgan fingerprint density at radius 3 is 1.32 bits per heavy atom. The highest BCUT2D eigenvalue weighted by Crippen LogP contribution is 2.69. The molecule has 5 aliphatic rings. The number of hydrogen-bond acceptors (Lipinski definition) is 7. The van der Waals surface area contributed by atoms with Crippen molar-refractivity contribution in [3.8, 4) is 90.6 Å². The second kappa shape index (κ2) is 15.8. The van der Waals surface area contributed by atoms with Crippen LogP contribution >= 0.6 is 0 Å². The molecule has 16 rings (SSSR count). The molecule has 8 aromatic carbocycles. The van der Waals surface area contributed by atoms with Gasteiger partial charge in [-0.05, 0) is 114 Å². The summed E-state index contributed by atoms with van der Waals surface area (Å²) in [5, 5.41) is 1.90. The molecule has 4 fully saturated rings. The largest absolute Gasteiger partial charge is 0.455 e. The van der Waals surface area contributed by atoms with Gasteiger partial charge in [-0.25, -0.2) is 29.9 Å². The van der Waals surface area contributed by atoms with Gasteiger partial charge in [-0.1, -0.05) is 164 Å². The van der Waals surface area contributed by atoms with Crippen LogP contribution in [0.3, 0.4) is 0 Å². The van der Waals surface area contributed by atoms with Crippen molar-refractivity contribution in [2.24, 2.45) is 23.7 Å². The Hall–Kier alpha value is -8.42. The quantitative estimate of drug-likeness (QED) is 0.157. The summed E-state index contributed by atoms with van der Waals surface area (Å²) in [5.74, 6) is 6.63. The zero-order valence-electron chi connectivity index (χ0n) is 38.9. The van der Waals surface area contributed by atoms with Crippen LogP contribution in [-0.2, 0) is 5.41 Å². The highest BCUT2D eigenvalue weighted by molar-refractivity contribution is 6.16. The normalized spacial score (nSPS) is 20.5. The van der Waals surface area contributed by atoms with Gasteiger partial charge in [0.05, 0.1) is 0 Å². The van der Waals surface area contributed by atoms with Gasteiger partial charge in [0, 0.05) is 55.1 Å². The molecule has 1 spiro atoms. The number of benzene rings is 8. The topological polar surface area (TPSA) is 90.5 Å². The lowest BCUT2D eigenvalue weighted by Crippen LogP contribution is -2.55. The Bertz CT molecular complexity index is 3750. The van der Waals surface area contributed by atoms with Gasteiger partial charge in [0.25, 0.3) is 0 Å². The van der Waals surface area contributed by atoms with Crippen LogP contribution in [0.25, 0.3) is 113 Å². The molecular formula is C64H46N6O. The van der Waals surface area contributed by atoms with Gasteiger partial charge >= 0.3 is 0 Å². The van der Waals surface area contributed by atoms with Crippen molar-refractivity contribution in [3.63, 3.8) is 0 Å². The maximum Gasteiger partial charge on any atom is 0.164 e. The smallest absolute Gasteiger partial charge is 0.164 e. The standard InChI is InChI=1S/C64H46N6O/c1-5-15-40(16-6-1)58-65-59(41-17-7-2-8-18-41)68-62(67-58)45-26-28-51-55(37-45)71-57-48(29-30-52(56(51)57)63-69-60(42-19-9-3-10-20-42)66-61(70-63)43-21-11-4-12-22-43)44-25-27-50-49-23-13-14-24-53(49)64(54(50)36-44)46-32-38-31-39(34-46)35-47(64)33-38/h1-30,36-39,46-47H,31-35H2. The van der Waals surface area contributed by atoms with E-state index < -0.39 is 0 Å². The van der Waals surface area contributed by atoms with Crippen molar-refractivity contribution in [1.29, 1.82) is 0 Å².